The summed E-state index contributed by atoms with van der Waals surface area (Å²) in [4.78, 5) is 0. The van der Waals surface area contributed by atoms with Gasteiger partial charge in [0.15, 0.2) is 0 Å². The molecule has 0 heterocycles. The van der Waals surface area contributed by atoms with Crippen LogP contribution in [0.3, 0.4) is 0 Å². The lowest BCUT2D eigenvalue weighted by atomic mass is 10.2. The van der Waals surface area contributed by atoms with E-state index in [9.17, 15) is 5.11 Å². The highest BCUT2D eigenvalue weighted by atomic mass is 16.2. The first-order chi connectivity index (χ1) is 3.91. The Morgan fingerprint density at radius 1 is 1.25 bits per heavy atom. The standard InChI is InChI=1S/C7H13O/c1-2-3-4-5-6-7-8/h2H,1,3-7H2. The van der Waals surface area contributed by atoms with E-state index in [1.54, 1.807) is 0 Å². The van der Waals surface area contributed by atoms with Crippen LogP contribution in [0.15, 0.2) is 12.7 Å². The smallest absolute Gasteiger partial charge is 0.0822 e. The topological polar surface area (TPSA) is 19.9 Å². The number of unbranched alkanes of at least 4 members (excludes halogenated alkanes) is 3. The Bertz CT molecular complexity index is 50.3. The van der Waals surface area contributed by atoms with E-state index in [1.165, 1.54) is 0 Å². The van der Waals surface area contributed by atoms with E-state index in [4.69, 9.17) is 0 Å². The van der Waals surface area contributed by atoms with Gasteiger partial charge in [-0.1, -0.05) is 12.5 Å². The second-order valence-electron chi connectivity index (χ2n) is 1.84. The van der Waals surface area contributed by atoms with Gasteiger partial charge in [0.25, 0.3) is 0 Å². The van der Waals surface area contributed by atoms with Crippen molar-refractivity contribution in [2.24, 2.45) is 0 Å². The lowest BCUT2D eigenvalue weighted by molar-refractivity contribution is 0.186. The van der Waals surface area contributed by atoms with Crippen LogP contribution >= 0.6 is 0 Å². The van der Waals surface area contributed by atoms with Crippen molar-refractivity contribution in [2.45, 2.75) is 25.7 Å². The van der Waals surface area contributed by atoms with Crippen molar-refractivity contribution in [3.63, 3.8) is 0 Å². The van der Waals surface area contributed by atoms with Gasteiger partial charge >= 0.3 is 0 Å². The van der Waals surface area contributed by atoms with E-state index in [0.29, 0.717) is 0 Å². The maximum Gasteiger partial charge on any atom is 0.0822 e. The SMILES string of the molecule is C=CCCCCC[O]. The molecule has 0 bridgehead atoms. The molecule has 1 nitrogen and oxygen atoms in total. The zero-order valence-electron chi connectivity index (χ0n) is 5.23. The molecule has 0 spiro atoms. The Morgan fingerprint density at radius 2 is 2.00 bits per heavy atom. The molecule has 0 aromatic carbocycles. The lowest BCUT2D eigenvalue weighted by Gasteiger charge is -1.90. The summed E-state index contributed by atoms with van der Waals surface area (Å²) in [5.41, 5.74) is 0. The predicted molar refractivity (Wildman–Crippen MR) is 34.2 cm³/mol. The molecule has 0 atom stereocenters. The quantitative estimate of drug-likeness (QED) is 0.384. The number of rotatable bonds is 5. The van der Waals surface area contributed by atoms with Crippen LogP contribution in [0, 0.1) is 0 Å². The average molecular weight is 113 g/mol. The summed E-state index contributed by atoms with van der Waals surface area (Å²) >= 11 is 0. The molecule has 0 aromatic rings. The third-order valence-corrected chi connectivity index (χ3v) is 1.05. The van der Waals surface area contributed by atoms with Crippen molar-refractivity contribution in [1.82, 2.24) is 0 Å². The molecule has 0 aromatic heterocycles. The molecule has 0 N–H and O–H groups in total. The van der Waals surface area contributed by atoms with Crippen LogP contribution in [0.25, 0.3) is 0 Å². The minimum Gasteiger partial charge on any atom is -0.237 e. The maximum absolute atomic E-state index is 9.87. The van der Waals surface area contributed by atoms with Crippen molar-refractivity contribution in [2.75, 3.05) is 6.61 Å². The number of hydrogen-bond donors (Lipinski definition) is 0. The van der Waals surface area contributed by atoms with Gasteiger partial charge < -0.3 is 0 Å². The summed E-state index contributed by atoms with van der Waals surface area (Å²) in [6.07, 6.45) is 5.97. The van der Waals surface area contributed by atoms with Crippen molar-refractivity contribution in [3.8, 4) is 0 Å². The summed E-state index contributed by atoms with van der Waals surface area (Å²) < 4.78 is 0. The zero-order chi connectivity index (χ0) is 6.24. The van der Waals surface area contributed by atoms with Gasteiger partial charge in [-0.3, -0.25) is 0 Å². The van der Waals surface area contributed by atoms with Crippen LogP contribution < -0.4 is 0 Å². The molecular weight excluding hydrogens is 100 g/mol. The van der Waals surface area contributed by atoms with E-state index in [-0.39, 0.29) is 6.61 Å². The molecular formula is C7H13O. The second-order valence-corrected chi connectivity index (χ2v) is 1.84. The third-order valence-electron chi connectivity index (χ3n) is 1.05. The van der Waals surface area contributed by atoms with Gasteiger partial charge in [0.2, 0.25) is 0 Å². The van der Waals surface area contributed by atoms with Crippen molar-refractivity contribution in [3.05, 3.63) is 12.7 Å². The van der Waals surface area contributed by atoms with Gasteiger partial charge in [-0.2, -0.15) is 0 Å². The zero-order valence-corrected chi connectivity index (χ0v) is 5.23. The van der Waals surface area contributed by atoms with E-state index in [2.05, 4.69) is 6.58 Å². The van der Waals surface area contributed by atoms with Gasteiger partial charge in [0.1, 0.15) is 0 Å². The van der Waals surface area contributed by atoms with E-state index >= 15 is 0 Å². The maximum atomic E-state index is 9.87. The fraction of sp³-hybridized carbons (Fsp3) is 0.714. The first-order valence-corrected chi connectivity index (χ1v) is 3.11. The highest BCUT2D eigenvalue weighted by molar-refractivity contribution is 4.64. The predicted octanol–water partition coefficient (Wildman–Crippen LogP) is 2.16. The van der Waals surface area contributed by atoms with Crippen LogP contribution in [0.1, 0.15) is 25.7 Å². The molecule has 47 valence electrons. The molecule has 8 heavy (non-hydrogen) atoms. The van der Waals surface area contributed by atoms with Gasteiger partial charge in [-0.25, -0.2) is 5.11 Å². The molecule has 0 saturated heterocycles. The monoisotopic (exact) mass is 113 g/mol. The third kappa shape index (κ3) is 5.70. The van der Waals surface area contributed by atoms with Crippen LogP contribution in [0.5, 0.6) is 0 Å². The van der Waals surface area contributed by atoms with Crippen LogP contribution in [-0.4, -0.2) is 6.61 Å². The molecule has 0 fully saturated rings. The molecule has 0 rings (SSSR count). The largest absolute Gasteiger partial charge is 0.237 e. The minimum atomic E-state index is 0.0805. The number of hydrogen-bond acceptors (Lipinski definition) is 0. The van der Waals surface area contributed by atoms with Crippen LogP contribution in [0.2, 0.25) is 0 Å². The van der Waals surface area contributed by atoms with Gasteiger partial charge in [0.05, 0.1) is 6.61 Å². The average Bonchev–Trinajstić information content (AvgIpc) is 1.81. The molecule has 1 heteroatoms. The Hall–Kier alpha value is -0.300. The van der Waals surface area contributed by atoms with Crippen molar-refractivity contribution in [1.29, 1.82) is 0 Å². The van der Waals surface area contributed by atoms with Crippen molar-refractivity contribution >= 4 is 0 Å². The highest BCUT2D eigenvalue weighted by Gasteiger charge is 1.83. The van der Waals surface area contributed by atoms with Crippen LogP contribution in [-0.2, 0) is 5.11 Å². The summed E-state index contributed by atoms with van der Waals surface area (Å²) in [7, 11) is 0. The molecule has 0 aliphatic carbocycles. The highest BCUT2D eigenvalue weighted by Crippen LogP contribution is 1.98. The van der Waals surface area contributed by atoms with Gasteiger partial charge in [0, 0.05) is 0 Å². The Kier molecular flexibility index (Phi) is 6.45. The molecule has 1 radical (unpaired) electrons. The molecule has 0 saturated carbocycles. The Morgan fingerprint density at radius 3 is 2.50 bits per heavy atom. The molecule has 0 amide bonds. The molecule has 0 aliphatic rings. The number of allylic oxidation sites excluding steroid dienone is 1. The summed E-state index contributed by atoms with van der Waals surface area (Å²) in [6.45, 7) is 3.66. The van der Waals surface area contributed by atoms with E-state index in [1.807, 2.05) is 6.08 Å². The molecule has 0 unspecified atom stereocenters. The van der Waals surface area contributed by atoms with Gasteiger partial charge in [-0.05, 0) is 19.3 Å². The summed E-state index contributed by atoms with van der Waals surface area (Å²) in [5, 5.41) is 9.87. The minimum absolute atomic E-state index is 0.0805. The van der Waals surface area contributed by atoms with E-state index < -0.39 is 0 Å². The Labute approximate surface area is 51.0 Å². The van der Waals surface area contributed by atoms with Crippen molar-refractivity contribution < 1.29 is 5.11 Å². The first-order valence-electron chi connectivity index (χ1n) is 3.11. The summed E-state index contributed by atoms with van der Waals surface area (Å²) in [6, 6.07) is 0. The fourth-order valence-electron chi connectivity index (χ4n) is 0.568. The van der Waals surface area contributed by atoms with E-state index in [0.717, 1.165) is 25.7 Å². The molecule has 0 aliphatic heterocycles. The Balaban J connectivity index is 2.62. The normalized spacial score (nSPS) is 9.12. The lowest BCUT2D eigenvalue weighted by Crippen LogP contribution is -1.79. The first kappa shape index (κ1) is 7.70. The second kappa shape index (κ2) is 6.70. The van der Waals surface area contributed by atoms with Gasteiger partial charge in [-0.15, -0.1) is 6.58 Å². The fourth-order valence-corrected chi connectivity index (χ4v) is 0.568. The van der Waals surface area contributed by atoms with Crippen LogP contribution in [0.4, 0.5) is 0 Å². The summed E-state index contributed by atoms with van der Waals surface area (Å²) in [5.74, 6) is 0.